The fraction of sp³-hybridized carbons (Fsp3) is 0.278. The van der Waals surface area contributed by atoms with Crippen LogP contribution in [0, 0.1) is 0 Å². The second kappa shape index (κ2) is 5.91. The first-order chi connectivity index (χ1) is 12.1. The van der Waals surface area contributed by atoms with E-state index < -0.39 is 5.92 Å². The van der Waals surface area contributed by atoms with Gasteiger partial charge in [-0.05, 0) is 18.2 Å². The number of aromatic nitrogens is 3. The van der Waals surface area contributed by atoms with E-state index in [-0.39, 0.29) is 13.0 Å². The van der Waals surface area contributed by atoms with Crippen molar-refractivity contribution < 1.29 is 8.78 Å². The highest BCUT2D eigenvalue weighted by atomic mass is 19.3. The molecule has 1 N–H and O–H groups in total. The van der Waals surface area contributed by atoms with Crippen LogP contribution >= 0.6 is 0 Å². The average molecular weight is 341 g/mol. The van der Waals surface area contributed by atoms with Crippen molar-refractivity contribution in [3.05, 3.63) is 42.7 Å². The van der Waals surface area contributed by atoms with Gasteiger partial charge >= 0.3 is 0 Å². The Morgan fingerprint density at radius 1 is 1.12 bits per heavy atom. The molecule has 1 saturated heterocycles. The lowest BCUT2D eigenvalue weighted by molar-refractivity contribution is 0.0257. The van der Waals surface area contributed by atoms with Gasteiger partial charge in [0.1, 0.15) is 5.52 Å². The highest BCUT2D eigenvalue weighted by Crippen LogP contribution is 2.32. The highest BCUT2D eigenvalue weighted by Gasteiger charge is 2.38. The third kappa shape index (κ3) is 2.97. The Morgan fingerprint density at radius 2 is 1.88 bits per heavy atom. The van der Waals surface area contributed by atoms with Gasteiger partial charge in [0.2, 0.25) is 0 Å². The Kier molecular flexibility index (Phi) is 3.71. The topological polar surface area (TPSA) is 53.9 Å². The molecular formula is C18H17F2N5. The second-order valence-corrected chi connectivity index (χ2v) is 6.10. The van der Waals surface area contributed by atoms with Crippen LogP contribution in [-0.2, 0) is 0 Å². The predicted molar refractivity (Wildman–Crippen MR) is 94.1 cm³/mol. The monoisotopic (exact) mass is 341 g/mol. The number of pyridine rings is 1. The fourth-order valence-corrected chi connectivity index (χ4v) is 3.09. The van der Waals surface area contributed by atoms with E-state index in [0.29, 0.717) is 17.9 Å². The van der Waals surface area contributed by atoms with E-state index in [2.05, 4.69) is 20.3 Å². The summed E-state index contributed by atoms with van der Waals surface area (Å²) in [6.07, 6.45) is 3.18. The summed E-state index contributed by atoms with van der Waals surface area (Å²) in [5.41, 5.74) is 3.93. The number of alkyl halides is 2. The zero-order valence-corrected chi connectivity index (χ0v) is 13.7. The van der Waals surface area contributed by atoms with E-state index in [9.17, 15) is 8.78 Å². The Bertz CT molecular complexity index is 911. The summed E-state index contributed by atoms with van der Waals surface area (Å²) in [7, 11) is 1.79. The van der Waals surface area contributed by atoms with Gasteiger partial charge in [-0.25, -0.2) is 18.7 Å². The van der Waals surface area contributed by atoms with Crippen molar-refractivity contribution in [2.75, 3.05) is 30.4 Å². The quantitative estimate of drug-likeness (QED) is 0.789. The van der Waals surface area contributed by atoms with Crippen LogP contribution in [0.2, 0.25) is 0 Å². The maximum absolute atomic E-state index is 13.4. The number of anilines is 2. The lowest BCUT2D eigenvalue weighted by Gasteiger charge is -2.18. The molecule has 4 rings (SSSR count). The van der Waals surface area contributed by atoms with Crippen LogP contribution in [-0.4, -0.2) is 41.0 Å². The molecule has 0 saturated carbocycles. The third-order valence-electron chi connectivity index (χ3n) is 4.39. The molecule has 1 aliphatic rings. The van der Waals surface area contributed by atoms with Crippen molar-refractivity contribution in [2.45, 2.75) is 12.3 Å². The molecule has 0 radical (unpaired) electrons. The highest BCUT2D eigenvalue weighted by molar-refractivity contribution is 5.88. The molecule has 1 aromatic carbocycles. The van der Waals surface area contributed by atoms with Gasteiger partial charge in [-0.2, -0.15) is 0 Å². The van der Waals surface area contributed by atoms with E-state index in [4.69, 9.17) is 0 Å². The molecule has 0 aliphatic carbocycles. The number of fused-ring (bicyclic) bond motifs is 1. The van der Waals surface area contributed by atoms with Crippen molar-refractivity contribution in [1.82, 2.24) is 15.0 Å². The number of halogens is 2. The van der Waals surface area contributed by atoms with Crippen LogP contribution in [0.1, 0.15) is 6.42 Å². The molecular weight excluding hydrogens is 324 g/mol. The van der Waals surface area contributed by atoms with Crippen LogP contribution in [0.25, 0.3) is 22.3 Å². The molecule has 0 spiro atoms. The van der Waals surface area contributed by atoms with Crippen molar-refractivity contribution in [1.29, 1.82) is 0 Å². The summed E-state index contributed by atoms with van der Waals surface area (Å²) in [5.74, 6) is -1.94. The summed E-state index contributed by atoms with van der Waals surface area (Å²) in [4.78, 5) is 14.9. The van der Waals surface area contributed by atoms with Gasteiger partial charge in [0, 0.05) is 43.7 Å². The van der Waals surface area contributed by atoms with Gasteiger partial charge in [0.05, 0.1) is 17.8 Å². The van der Waals surface area contributed by atoms with E-state index >= 15 is 0 Å². The minimum absolute atomic E-state index is 0.0921. The average Bonchev–Trinajstić information content (AvgIpc) is 3.00. The van der Waals surface area contributed by atoms with E-state index in [0.717, 1.165) is 22.5 Å². The van der Waals surface area contributed by atoms with Crippen molar-refractivity contribution >= 4 is 22.5 Å². The SMILES string of the molecule is CNc1nc(-c2ccc(N3CCC(F)(F)C3)cc2)cc2nccnc12. The van der Waals surface area contributed by atoms with Gasteiger partial charge in [-0.1, -0.05) is 12.1 Å². The molecule has 0 bridgehead atoms. The van der Waals surface area contributed by atoms with E-state index in [1.807, 2.05) is 30.3 Å². The molecule has 0 atom stereocenters. The van der Waals surface area contributed by atoms with Crippen molar-refractivity contribution in [3.8, 4) is 11.3 Å². The summed E-state index contributed by atoms with van der Waals surface area (Å²) < 4.78 is 26.8. The summed E-state index contributed by atoms with van der Waals surface area (Å²) in [6.45, 7) is 0.153. The van der Waals surface area contributed by atoms with Gasteiger partial charge in [-0.15, -0.1) is 0 Å². The fourth-order valence-electron chi connectivity index (χ4n) is 3.09. The maximum Gasteiger partial charge on any atom is 0.266 e. The first-order valence-corrected chi connectivity index (χ1v) is 8.08. The van der Waals surface area contributed by atoms with Crippen LogP contribution < -0.4 is 10.2 Å². The molecule has 3 heterocycles. The second-order valence-electron chi connectivity index (χ2n) is 6.10. The van der Waals surface area contributed by atoms with Crippen LogP contribution in [0.15, 0.2) is 42.7 Å². The molecule has 3 aromatic rings. The number of hydrogen-bond donors (Lipinski definition) is 1. The van der Waals surface area contributed by atoms with Crippen molar-refractivity contribution in [3.63, 3.8) is 0 Å². The van der Waals surface area contributed by atoms with Crippen LogP contribution in [0.4, 0.5) is 20.3 Å². The van der Waals surface area contributed by atoms with Gasteiger partial charge in [-0.3, -0.25) is 4.98 Å². The molecule has 1 fully saturated rings. The molecule has 7 heteroatoms. The smallest absolute Gasteiger partial charge is 0.266 e. The molecule has 5 nitrogen and oxygen atoms in total. The molecule has 0 unspecified atom stereocenters. The molecule has 0 amide bonds. The van der Waals surface area contributed by atoms with Crippen LogP contribution in [0.3, 0.4) is 0 Å². The first-order valence-electron chi connectivity index (χ1n) is 8.08. The Labute approximate surface area is 143 Å². The largest absolute Gasteiger partial charge is 0.371 e. The van der Waals surface area contributed by atoms with Crippen LogP contribution in [0.5, 0.6) is 0 Å². The van der Waals surface area contributed by atoms with E-state index in [1.165, 1.54) is 0 Å². The lowest BCUT2D eigenvalue weighted by Crippen LogP contribution is -2.24. The van der Waals surface area contributed by atoms with Crippen molar-refractivity contribution in [2.24, 2.45) is 0 Å². The summed E-state index contributed by atoms with van der Waals surface area (Å²) >= 11 is 0. The number of hydrogen-bond acceptors (Lipinski definition) is 5. The minimum Gasteiger partial charge on any atom is -0.371 e. The normalized spacial score (nSPS) is 16.4. The van der Waals surface area contributed by atoms with Gasteiger partial charge in [0.15, 0.2) is 5.82 Å². The number of rotatable bonds is 3. The first kappa shape index (κ1) is 15.7. The third-order valence-corrected chi connectivity index (χ3v) is 4.39. The lowest BCUT2D eigenvalue weighted by atomic mass is 10.1. The predicted octanol–water partition coefficient (Wildman–Crippen LogP) is 3.58. The Hall–Kier alpha value is -2.83. The molecule has 1 aliphatic heterocycles. The number of nitrogens with zero attached hydrogens (tertiary/aromatic N) is 4. The zero-order chi connectivity index (χ0) is 17.4. The Morgan fingerprint density at radius 3 is 2.56 bits per heavy atom. The Balaban J connectivity index is 1.67. The molecule has 2 aromatic heterocycles. The number of nitrogens with one attached hydrogen (secondary N) is 1. The molecule has 128 valence electrons. The maximum atomic E-state index is 13.4. The summed E-state index contributed by atoms with van der Waals surface area (Å²) in [5, 5.41) is 3.04. The number of benzene rings is 1. The zero-order valence-electron chi connectivity index (χ0n) is 13.7. The molecule has 25 heavy (non-hydrogen) atoms. The summed E-state index contributed by atoms with van der Waals surface area (Å²) in [6, 6.07) is 9.39. The van der Waals surface area contributed by atoms with Gasteiger partial charge in [0.25, 0.3) is 5.92 Å². The van der Waals surface area contributed by atoms with E-state index in [1.54, 1.807) is 24.3 Å². The standard InChI is InChI=1S/C18H17F2N5/c1-21-17-16-15(22-7-8-23-16)10-14(24-17)12-2-4-13(5-3-12)25-9-6-18(19,20)11-25/h2-5,7-8,10H,6,9,11H2,1H3,(H,21,24). The minimum atomic E-state index is -2.60. The van der Waals surface area contributed by atoms with Gasteiger partial charge < -0.3 is 10.2 Å².